The van der Waals surface area contributed by atoms with Crippen LogP contribution in [0.25, 0.3) is 0 Å². The van der Waals surface area contributed by atoms with Crippen LogP contribution >= 0.6 is 0 Å². The van der Waals surface area contributed by atoms with Gasteiger partial charge < -0.3 is 15.5 Å². The maximum atomic E-state index is 11.9. The molecule has 2 N–H and O–H groups in total. The average molecular weight is 251 g/mol. The van der Waals surface area contributed by atoms with E-state index in [-0.39, 0.29) is 6.03 Å². The van der Waals surface area contributed by atoms with Crippen LogP contribution in [0.4, 0.5) is 4.79 Å². The lowest BCUT2D eigenvalue weighted by molar-refractivity contribution is 0.210. The van der Waals surface area contributed by atoms with Crippen LogP contribution in [0.3, 0.4) is 0 Å². The van der Waals surface area contributed by atoms with E-state index < -0.39 is 0 Å². The van der Waals surface area contributed by atoms with Crippen LogP contribution in [0, 0.1) is 11.8 Å². The third-order valence-corrected chi connectivity index (χ3v) is 4.94. The van der Waals surface area contributed by atoms with E-state index in [1.807, 2.05) is 4.90 Å². The Hall–Kier alpha value is -0.770. The minimum atomic E-state index is 0.177. The number of hydrogen-bond donors (Lipinski definition) is 2. The van der Waals surface area contributed by atoms with Crippen LogP contribution in [-0.2, 0) is 0 Å². The molecule has 0 aromatic rings. The molecule has 0 spiro atoms. The maximum Gasteiger partial charge on any atom is 0.317 e. The van der Waals surface area contributed by atoms with Gasteiger partial charge in [-0.15, -0.1) is 0 Å². The number of nitrogens with one attached hydrogen (secondary N) is 2. The number of rotatable bonds is 4. The van der Waals surface area contributed by atoms with Crippen LogP contribution in [0.5, 0.6) is 0 Å². The second-order valence-corrected chi connectivity index (χ2v) is 6.19. The number of piperidine rings is 1. The van der Waals surface area contributed by atoms with Gasteiger partial charge in [-0.3, -0.25) is 0 Å². The predicted octanol–water partition coefficient (Wildman–Crippen LogP) is 1.57. The number of urea groups is 1. The van der Waals surface area contributed by atoms with E-state index in [0.29, 0.717) is 6.04 Å². The first-order chi connectivity index (χ1) is 8.83. The van der Waals surface area contributed by atoms with Gasteiger partial charge in [-0.25, -0.2) is 4.79 Å². The zero-order valence-electron chi connectivity index (χ0n) is 11.2. The minimum Gasteiger partial charge on any atom is -0.333 e. The molecule has 3 aliphatic rings. The van der Waals surface area contributed by atoms with E-state index in [9.17, 15) is 4.79 Å². The molecule has 2 atom stereocenters. The van der Waals surface area contributed by atoms with Gasteiger partial charge in [0.2, 0.25) is 0 Å². The summed E-state index contributed by atoms with van der Waals surface area (Å²) in [5, 5.41) is 6.61. The fraction of sp³-hybridized carbons (Fsp3) is 0.929. The van der Waals surface area contributed by atoms with Gasteiger partial charge in [-0.1, -0.05) is 6.42 Å². The van der Waals surface area contributed by atoms with Crippen molar-refractivity contribution in [2.45, 2.75) is 44.6 Å². The average Bonchev–Trinajstić information content (AvgIpc) is 2.67. The predicted molar refractivity (Wildman–Crippen MR) is 71.4 cm³/mol. The zero-order valence-corrected chi connectivity index (χ0v) is 11.2. The third-order valence-electron chi connectivity index (χ3n) is 4.94. The Morgan fingerprint density at radius 3 is 2.78 bits per heavy atom. The van der Waals surface area contributed by atoms with Crippen molar-refractivity contribution in [1.82, 2.24) is 15.5 Å². The highest BCUT2D eigenvalue weighted by molar-refractivity contribution is 5.76. The Kier molecular flexibility index (Phi) is 3.73. The molecule has 102 valence electrons. The molecule has 1 saturated carbocycles. The smallest absolute Gasteiger partial charge is 0.317 e. The molecule has 0 aromatic heterocycles. The van der Waals surface area contributed by atoms with Crippen molar-refractivity contribution in [2.75, 3.05) is 26.2 Å². The third kappa shape index (κ3) is 2.63. The number of hydrogen-bond acceptors (Lipinski definition) is 2. The van der Waals surface area contributed by atoms with E-state index in [1.54, 1.807) is 0 Å². The van der Waals surface area contributed by atoms with Gasteiger partial charge >= 0.3 is 6.03 Å². The fourth-order valence-corrected chi connectivity index (χ4v) is 3.43. The highest BCUT2D eigenvalue weighted by Crippen LogP contribution is 2.31. The summed E-state index contributed by atoms with van der Waals surface area (Å²) in [6, 6.07) is 0.617. The van der Waals surface area contributed by atoms with E-state index in [1.165, 1.54) is 38.6 Å². The zero-order chi connectivity index (χ0) is 12.4. The summed E-state index contributed by atoms with van der Waals surface area (Å²) >= 11 is 0. The Morgan fingerprint density at radius 1 is 1.22 bits per heavy atom. The Labute approximate surface area is 109 Å². The lowest BCUT2D eigenvalue weighted by Gasteiger charge is -2.30. The van der Waals surface area contributed by atoms with Gasteiger partial charge in [-0.2, -0.15) is 0 Å². The molecular formula is C14H25N3O. The molecule has 2 amide bonds. The van der Waals surface area contributed by atoms with Crippen molar-refractivity contribution in [3.63, 3.8) is 0 Å². The molecule has 0 bridgehead atoms. The monoisotopic (exact) mass is 251 g/mol. The van der Waals surface area contributed by atoms with Crippen molar-refractivity contribution in [2.24, 2.45) is 11.8 Å². The van der Waals surface area contributed by atoms with Gasteiger partial charge in [0.1, 0.15) is 0 Å². The number of carbonyl (C=O) groups is 1. The molecule has 3 rings (SSSR count). The Morgan fingerprint density at radius 2 is 2.11 bits per heavy atom. The summed E-state index contributed by atoms with van der Waals surface area (Å²) in [7, 11) is 0. The van der Waals surface area contributed by atoms with E-state index >= 15 is 0 Å². The summed E-state index contributed by atoms with van der Waals surface area (Å²) < 4.78 is 0. The number of nitrogens with zero attached hydrogens (tertiary/aromatic N) is 1. The van der Waals surface area contributed by atoms with E-state index in [2.05, 4.69) is 10.6 Å². The Bertz CT molecular complexity index is 297. The number of carbonyl (C=O) groups excluding carboxylic acids is 1. The van der Waals surface area contributed by atoms with Gasteiger partial charge in [0.05, 0.1) is 6.04 Å². The minimum absolute atomic E-state index is 0.177. The molecule has 0 radical (unpaired) electrons. The topological polar surface area (TPSA) is 44.4 Å². The lowest BCUT2D eigenvalue weighted by atomic mass is 9.80. The lowest BCUT2D eigenvalue weighted by Crippen LogP contribution is -2.37. The van der Waals surface area contributed by atoms with Gasteiger partial charge in [0.15, 0.2) is 0 Å². The van der Waals surface area contributed by atoms with Gasteiger partial charge in [0.25, 0.3) is 0 Å². The molecule has 4 nitrogen and oxygen atoms in total. The summed E-state index contributed by atoms with van der Waals surface area (Å²) in [6.07, 6.45) is 7.76. The standard InChI is InChI=1S/C14H25N3O/c18-14-16-13(12-4-1-5-12)10-17(14)8-6-11-3-2-7-15-9-11/h11-13,15H,1-10H2,(H,16,18). The van der Waals surface area contributed by atoms with Crippen molar-refractivity contribution in [1.29, 1.82) is 0 Å². The highest BCUT2D eigenvalue weighted by atomic mass is 16.2. The van der Waals surface area contributed by atoms with Crippen molar-refractivity contribution < 1.29 is 4.79 Å². The van der Waals surface area contributed by atoms with Crippen molar-refractivity contribution in [3.8, 4) is 0 Å². The summed E-state index contributed by atoms with van der Waals surface area (Å²) in [6.45, 7) is 4.21. The van der Waals surface area contributed by atoms with Gasteiger partial charge in [-0.05, 0) is 57.0 Å². The second-order valence-electron chi connectivity index (χ2n) is 6.19. The van der Waals surface area contributed by atoms with Crippen molar-refractivity contribution >= 4 is 6.03 Å². The van der Waals surface area contributed by atoms with Crippen molar-refractivity contribution in [3.05, 3.63) is 0 Å². The van der Waals surface area contributed by atoms with Crippen LogP contribution in [0.2, 0.25) is 0 Å². The molecule has 2 unspecified atom stereocenters. The summed E-state index contributed by atoms with van der Waals surface area (Å²) in [5.74, 6) is 1.53. The molecular weight excluding hydrogens is 226 g/mol. The van der Waals surface area contributed by atoms with Crippen LogP contribution in [0.1, 0.15) is 38.5 Å². The Balaban J connectivity index is 1.43. The first-order valence-corrected chi connectivity index (χ1v) is 7.59. The molecule has 2 heterocycles. The van der Waals surface area contributed by atoms with Crippen LogP contribution in [-0.4, -0.2) is 43.2 Å². The van der Waals surface area contributed by atoms with E-state index in [0.717, 1.165) is 37.9 Å². The summed E-state index contributed by atoms with van der Waals surface area (Å²) in [5.41, 5.74) is 0. The molecule has 1 aliphatic carbocycles. The SMILES string of the molecule is O=C1NC(C2CCC2)CN1CCC1CCCNC1. The van der Waals surface area contributed by atoms with Crippen LogP contribution in [0.15, 0.2) is 0 Å². The fourth-order valence-electron chi connectivity index (χ4n) is 3.43. The molecule has 2 saturated heterocycles. The maximum absolute atomic E-state index is 11.9. The normalized spacial score (nSPS) is 33.3. The molecule has 3 fully saturated rings. The van der Waals surface area contributed by atoms with Crippen LogP contribution < -0.4 is 10.6 Å². The molecule has 2 aliphatic heterocycles. The number of amides is 2. The first kappa shape index (κ1) is 12.3. The first-order valence-electron chi connectivity index (χ1n) is 7.59. The van der Waals surface area contributed by atoms with Gasteiger partial charge in [0, 0.05) is 13.1 Å². The quantitative estimate of drug-likeness (QED) is 0.796. The highest BCUT2D eigenvalue weighted by Gasteiger charge is 2.36. The molecule has 4 heteroatoms. The van der Waals surface area contributed by atoms with E-state index in [4.69, 9.17) is 0 Å². The second kappa shape index (κ2) is 5.47. The molecule has 0 aromatic carbocycles. The largest absolute Gasteiger partial charge is 0.333 e. The molecule has 18 heavy (non-hydrogen) atoms. The summed E-state index contributed by atoms with van der Waals surface area (Å²) in [4.78, 5) is 13.9.